The summed E-state index contributed by atoms with van der Waals surface area (Å²) in [5.74, 6) is 0.205. The number of H-pyrrole nitrogens is 1. The Morgan fingerprint density at radius 3 is 2.60 bits per heavy atom. The monoisotopic (exact) mass is 337 g/mol. The normalized spacial score (nSPS) is 16.4. The molecule has 0 spiro atoms. The van der Waals surface area contributed by atoms with Gasteiger partial charge in [0.1, 0.15) is 5.82 Å². The van der Waals surface area contributed by atoms with Crippen LogP contribution in [0, 0.1) is 5.82 Å². The van der Waals surface area contributed by atoms with Crippen molar-refractivity contribution >= 4 is 10.9 Å². The Morgan fingerprint density at radius 2 is 1.88 bits per heavy atom. The molecule has 0 amide bonds. The van der Waals surface area contributed by atoms with Crippen molar-refractivity contribution in [3.63, 3.8) is 0 Å². The molecule has 1 aromatic heterocycles. The zero-order valence-corrected chi connectivity index (χ0v) is 14.1. The third-order valence-electron chi connectivity index (χ3n) is 5.14. The molecule has 0 aliphatic carbocycles. The van der Waals surface area contributed by atoms with Crippen LogP contribution < -0.4 is 5.56 Å². The van der Waals surface area contributed by atoms with E-state index in [-0.39, 0.29) is 11.4 Å². The number of piperidine rings is 1. The minimum atomic E-state index is -0.363. The molecule has 5 heteroatoms. The van der Waals surface area contributed by atoms with E-state index in [1.165, 1.54) is 18.0 Å². The summed E-state index contributed by atoms with van der Waals surface area (Å²) in [5, 5.41) is 0.401. The van der Waals surface area contributed by atoms with Gasteiger partial charge < -0.3 is 9.88 Å². The van der Waals surface area contributed by atoms with E-state index in [9.17, 15) is 9.18 Å². The van der Waals surface area contributed by atoms with Gasteiger partial charge in [-0.1, -0.05) is 24.3 Å². The maximum absolute atomic E-state index is 14.5. The third kappa shape index (κ3) is 3.07. The molecule has 4 nitrogen and oxygen atoms in total. The van der Waals surface area contributed by atoms with Gasteiger partial charge in [0.15, 0.2) is 0 Å². The summed E-state index contributed by atoms with van der Waals surface area (Å²) < 4.78 is 14.5. The van der Waals surface area contributed by atoms with Crippen LogP contribution in [0.3, 0.4) is 0 Å². The van der Waals surface area contributed by atoms with Gasteiger partial charge in [-0.2, -0.15) is 0 Å². The first-order valence-corrected chi connectivity index (χ1v) is 8.57. The predicted octanol–water partition coefficient (Wildman–Crippen LogP) is 3.54. The molecular formula is C20H20FN3O. The molecule has 25 heavy (non-hydrogen) atoms. The van der Waals surface area contributed by atoms with Crippen LogP contribution in [0.5, 0.6) is 0 Å². The van der Waals surface area contributed by atoms with E-state index in [4.69, 9.17) is 0 Å². The fourth-order valence-electron chi connectivity index (χ4n) is 3.59. The lowest BCUT2D eigenvalue weighted by Crippen LogP contribution is -2.29. The number of benzene rings is 2. The number of hydrogen-bond acceptors (Lipinski definition) is 3. The quantitative estimate of drug-likeness (QED) is 0.778. The topological polar surface area (TPSA) is 49.0 Å². The van der Waals surface area contributed by atoms with Crippen molar-refractivity contribution in [2.45, 2.75) is 18.8 Å². The fraction of sp³-hybridized carbons (Fsp3) is 0.300. The second-order valence-electron chi connectivity index (χ2n) is 6.78. The lowest BCUT2D eigenvalue weighted by Gasteiger charge is -2.29. The molecule has 0 saturated carbocycles. The number of fused-ring (bicyclic) bond motifs is 1. The SMILES string of the molecule is CN1CCC(c2ccc(-c3cc4c(=O)[nH]cnc4cc3F)cc2)CC1. The first-order chi connectivity index (χ1) is 12.1. The summed E-state index contributed by atoms with van der Waals surface area (Å²) in [5.41, 5.74) is 2.62. The summed E-state index contributed by atoms with van der Waals surface area (Å²) in [6, 6.07) is 11.0. The van der Waals surface area contributed by atoms with Crippen LogP contribution in [-0.4, -0.2) is 35.0 Å². The fourth-order valence-corrected chi connectivity index (χ4v) is 3.59. The van der Waals surface area contributed by atoms with E-state index in [2.05, 4.69) is 34.0 Å². The van der Waals surface area contributed by atoms with Crippen molar-refractivity contribution in [3.8, 4) is 11.1 Å². The van der Waals surface area contributed by atoms with Gasteiger partial charge in [0.25, 0.3) is 5.56 Å². The maximum atomic E-state index is 14.5. The van der Waals surface area contributed by atoms with Gasteiger partial charge in [-0.25, -0.2) is 9.37 Å². The number of aromatic nitrogens is 2. The number of likely N-dealkylation sites (tertiary alicyclic amines) is 1. The second kappa shape index (κ2) is 6.41. The number of aromatic amines is 1. The molecule has 0 atom stereocenters. The molecule has 0 unspecified atom stereocenters. The highest BCUT2D eigenvalue weighted by Gasteiger charge is 2.18. The standard InChI is InChI=1S/C20H20FN3O/c1-24-8-6-14(7-9-24)13-2-4-15(5-3-13)16-10-17-19(11-18(16)21)22-12-23-20(17)25/h2-5,10-12,14H,6-9H2,1H3,(H,22,23,25). The van der Waals surface area contributed by atoms with Gasteiger partial charge in [0.2, 0.25) is 0 Å². The molecule has 4 rings (SSSR count). The summed E-state index contributed by atoms with van der Waals surface area (Å²) in [4.78, 5) is 20.8. The highest BCUT2D eigenvalue weighted by molar-refractivity contribution is 5.84. The molecule has 3 aromatic rings. The number of nitrogens with zero attached hydrogens (tertiary/aromatic N) is 2. The van der Waals surface area contributed by atoms with Crippen LogP contribution in [0.25, 0.3) is 22.0 Å². The van der Waals surface area contributed by atoms with Crippen LogP contribution >= 0.6 is 0 Å². The van der Waals surface area contributed by atoms with Crippen molar-refractivity contribution < 1.29 is 4.39 Å². The van der Waals surface area contributed by atoms with E-state index in [1.807, 2.05) is 12.1 Å². The molecule has 2 heterocycles. The molecule has 1 aliphatic heterocycles. The number of halogens is 1. The van der Waals surface area contributed by atoms with Crippen LogP contribution in [0.2, 0.25) is 0 Å². The number of rotatable bonds is 2. The molecular weight excluding hydrogens is 317 g/mol. The van der Waals surface area contributed by atoms with Gasteiger partial charge in [-0.3, -0.25) is 4.79 Å². The van der Waals surface area contributed by atoms with Crippen LogP contribution in [-0.2, 0) is 0 Å². The number of hydrogen-bond donors (Lipinski definition) is 1. The average molecular weight is 337 g/mol. The minimum absolute atomic E-state index is 0.255. The van der Waals surface area contributed by atoms with E-state index < -0.39 is 0 Å². The first kappa shape index (κ1) is 16.0. The highest BCUT2D eigenvalue weighted by atomic mass is 19.1. The lowest BCUT2D eigenvalue weighted by molar-refractivity contribution is 0.255. The Morgan fingerprint density at radius 1 is 1.16 bits per heavy atom. The van der Waals surface area contributed by atoms with E-state index in [0.29, 0.717) is 22.4 Å². The number of nitrogens with one attached hydrogen (secondary N) is 1. The minimum Gasteiger partial charge on any atom is -0.313 e. The van der Waals surface area contributed by atoms with Crippen LogP contribution in [0.15, 0.2) is 47.5 Å². The Balaban J connectivity index is 1.68. The van der Waals surface area contributed by atoms with E-state index >= 15 is 0 Å². The molecule has 1 N–H and O–H groups in total. The predicted molar refractivity (Wildman–Crippen MR) is 97.2 cm³/mol. The van der Waals surface area contributed by atoms with Crippen molar-refractivity contribution in [2.24, 2.45) is 0 Å². The Hall–Kier alpha value is -2.53. The third-order valence-corrected chi connectivity index (χ3v) is 5.14. The van der Waals surface area contributed by atoms with Crippen LogP contribution in [0.4, 0.5) is 4.39 Å². The maximum Gasteiger partial charge on any atom is 0.258 e. The van der Waals surface area contributed by atoms with Gasteiger partial charge in [0.05, 0.1) is 17.2 Å². The summed E-state index contributed by atoms with van der Waals surface area (Å²) in [6.07, 6.45) is 3.60. The molecule has 0 bridgehead atoms. The summed E-state index contributed by atoms with van der Waals surface area (Å²) in [7, 11) is 2.15. The zero-order chi connectivity index (χ0) is 17.4. The highest BCUT2D eigenvalue weighted by Crippen LogP contribution is 2.31. The first-order valence-electron chi connectivity index (χ1n) is 8.57. The van der Waals surface area contributed by atoms with Gasteiger partial charge in [-0.05, 0) is 56.1 Å². The van der Waals surface area contributed by atoms with Gasteiger partial charge in [0, 0.05) is 11.6 Å². The zero-order valence-electron chi connectivity index (χ0n) is 14.1. The summed E-state index contributed by atoms with van der Waals surface area (Å²) >= 11 is 0. The average Bonchev–Trinajstić information content (AvgIpc) is 2.62. The van der Waals surface area contributed by atoms with Crippen LogP contribution in [0.1, 0.15) is 24.3 Å². The second-order valence-corrected chi connectivity index (χ2v) is 6.78. The van der Waals surface area contributed by atoms with Crippen molar-refractivity contribution in [3.05, 3.63) is 64.5 Å². The van der Waals surface area contributed by atoms with E-state index in [1.54, 1.807) is 6.07 Å². The molecule has 0 radical (unpaired) electrons. The molecule has 1 aliphatic rings. The Labute approximate surface area is 145 Å². The Kier molecular flexibility index (Phi) is 4.09. The van der Waals surface area contributed by atoms with Crippen molar-refractivity contribution in [1.82, 2.24) is 14.9 Å². The molecule has 128 valence electrons. The summed E-state index contributed by atoms with van der Waals surface area (Å²) in [6.45, 7) is 2.23. The van der Waals surface area contributed by atoms with Crippen molar-refractivity contribution in [2.75, 3.05) is 20.1 Å². The van der Waals surface area contributed by atoms with Crippen molar-refractivity contribution in [1.29, 1.82) is 0 Å². The lowest BCUT2D eigenvalue weighted by atomic mass is 9.88. The largest absolute Gasteiger partial charge is 0.313 e. The molecule has 1 saturated heterocycles. The smallest absolute Gasteiger partial charge is 0.258 e. The van der Waals surface area contributed by atoms with Gasteiger partial charge in [-0.15, -0.1) is 0 Å². The molecule has 1 fully saturated rings. The van der Waals surface area contributed by atoms with Gasteiger partial charge >= 0.3 is 0 Å². The van der Waals surface area contributed by atoms with E-state index in [0.717, 1.165) is 31.5 Å². The Bertz CT molecular complexity index is 957. The molecule has 2 aromatic carbocycles.